The summed E-state index contributed by atoms with van der Waals surface area (Å²) in [5.41, 5.74) is 0.979. The van der Waals surface area contributed by atoms with Gasteiger partial charge in [0, 0.05) is 45.5 Å². The van der Waals surface area contributed by atoms with Gasteiger partial charge >= 0.3 is 0 Å². The molecule has 6 heteroatoms. The zero-order valence-electron chi connectivity index (χ0n) is 16.4. The summed E-state index contributed by atoms with van der Waals surface area (Å²) in [5, 5.41) is 3.11. The van der Waals surface area contributed by atoms with Gasteiger partial charge in [-0.1, -0.05) is 12.1 Å². The van der Waals surface area contributed by atoms with Crippen molar-refractivity contribution >= 4 is 5.91 Å². The van der Waals surface area contributed by atoms with Gasteiger partial charge in [-0.15, -0.1) is 0 Å². The molecule has 1 N–H and O–H groups in total. The first-order valence-corrected chi connectivity index (χ1v) is 9.72. The Morgan fingerprint density at radius 2 is 2.30 bits per heavy atom. The fourth-order valence-electron chi connectivity index (χ4n) is 3.70. The molecular weight excluding hydrogens is 340 g/mol. The molecule has 1 aliphatic heterocycles. The standard InChI is InChI=1S/C21H30N4O2/c1-24-12-9-22-20(24)8-11-25-10-4-6-18(16-25)15-23-21(26)14-17-5-3-7-19(13-17)27-2/h3,5,7,9,12-13,18H,4,6,8,10-11,14-16H2,1-2H3,(H,23,26). The van der Waals surface area contributed by atoms with Gasteiger partial charge in [0.2, 0.25) is 5.91 Å². The van der Waals surface area contributed by atoms with Crippen molar-refractivity contribution in [2.24, 2.45) is 13.0 Å². The van der Waals surface area contributed by atoms with Crippen LogP contribution in [0.2, 0.25) is 0 Å². The topological polar surface area (TPSA) is 59.4 Å². The SMILES string of the molecule is COc1cccc(CC(=O)NCC2CCCN(CCc3nccn3C)C2)c1. The van der Waals surface area contributed by atoms with Gasteiger partial charge in [0.25, 0.3) is 0 Å². The van der Waals surface area contributed by atoms with E-state index in [1.54, 1.807) is 7.11 Å². The lowest BCUT2D eigenvalue weighted by molar-refractivity contribution is -0.120. The first-order valence-electron chi connectivity index (χ1n) is 9.72. The minimum absolute atomic E-state index is 0.0772. The quantitative estimate of drug-likeness (QED) is 0.773. The molecule has 6 nitrogen and oxygen atoms in total. The van der Waals surface area contributed by atoms with E-state index in [2.05, 4.69) is 19.8 Å². The number of nitrogens with zero attached hydrogens (tertiary/aromatic N) is 3. The minimum atomic E-state index is 0.0772. The summed E-state index contributed by atoms with van der Waals surface area (Å²) in [6.45, 7) is 3.96. The van der Waals surface area contributed by atoms with Crippen molar-refractivity contribution in [1.82, 2.24) is 19.8 Å². The number of benzene rings is 1. The summed E-state index contributed by atoms with van der Waals surface area (Å²) < 4.78 is 7.30. The number of piperidine rings is 1. The summed E-state index contributed by atoms with van der Waals surface area (Å²) in [6.07, 6.45) is 7.58. The maximum atomic E-state index is 12.3. The van der Waals surface area contributed by atoms with Crippen LogP contribution in [0.3, 0.4) is 0 Å². The maximum absolute atomic E-state index is 12.3. The molecule has 1 aliphatic rings. The normalized spacial score (nSPS) is 17.6. The zero-order chi connectivity index (χ0) is 19.1. The average Bonchev–Trinajstić information content (AvgIpc) is 3.10. The van der Waals surface area contributed by atoms with Gasteiger partial charge in [0.15, 0.2) is 0 Å². The van der Waals surface area contributed by atoms with Crippen molar-refractivity contribution in [3.05, 3.63) is 48.0 Å². The van der Waals surface area contributed by atoms with Gasteiger partial charge in [-0.2, -0.15) is 0 Å². The van der Waals surface area contributed by atoms with E-state index in [4.69, 9.17) is 4.74 Å². The maximum Gasteiger partial charge on any atom is 0.224 e. The summed E-state index contributed by atoms with van der Waals surface area (Å²) in [7, 11) is 3.68. The second kappa shape index (κ2) is 9.55. The predicted molar refractivity (Wildman–Crippen MR) is 106 cm³/mol. The summed E-state index contributed by atoms with van der Waals surface area (Å²) in [6, 6.07) is 7.69. The lowest BCUT2D eigenvalue weighted by Gasteiger charge is -2.32. The van der Waals surface area contributed by atoms with E-state index in [1.165, 1.54) is 12.8 Å². The fourth-order valence-corrected chi connectivity index (χ4v) is 3.70. The molecule has 1 amide bonds. The first kappa shape index (κ1) is 19.4. The van der Waals surface area contributed by atoms with Crippen molar-refractivity contribution in [2.45, 2.75) is 25.7 Å². The summed E-state index contributed by atoms with van der Waals surface area (Å²) >= 11 is 0. The number of carbonyl (C=O) groups excluding carboxylic acids is 1. The summed E-state index contributed by atoms with van der Waals surface area (Å²) in [5.74, 6) is 2.52. The third-order valence-electron chi connectivity index (χ3n) is 5.26. The Bertz CT molecular complexity index is 743. The lowest BCUT2D eigenvalue weighted by atomic mass is 9.97. The smallest absolute Gasteiger partial charge is 0.224 e. The van der Waals surface area contributed by atoms with E-state index in [1.807, 2.05) is 43.7 Å². The van der Waals surface area contributed by atoms with Gasteiger partial charge in [-0.3, -0.25) is 4.79 Å². The Kier molecular flexibility index (Phi) is 6.87. The van der Waals surface area contributed by atoms with E-state index < -0.39 is 0 Å². The van der Waals surface area contributed by atoms with Crippen molar-refractivity contribution in [2.75, 3.05) is 33.3 Å². The second-order valence-corrected chi connectivity index (χ2v) is 7.35. The highest BCUT2D eigenvalue weighted by atomic mass is 16.5. The predicted octanol–water partition coefficient (Wildman–Crippen LogP) is 2.04. The number of nitrogens with one attached hydrogen (secondary N) is 1. The molecule has 0 spiro atoms. The van der Waals surface area contributed by atoms with Gasteiger partial charge < -0.3 is 19.5 Å². The van der Waals surface area contributed by atoms with E-state index in [9.17, 15) is 4.79 Å². The number of hydrogen-bond donors (Lipinski definition) is 1. The van der Waals surface area contributed by atoms with Crippen LogP contribution in [0.25, 0.3) is 0 Å². The molecule has 1 fully saturated rings. The Morgan fingerprint density at radius 1 is 1.41 bits per heavy atom. The van der Waals surface area contributed by atoms with Crippen molar-refractivity contribution < 1.29 is 9.53 Å². The molecule has 3 rings (SSSR count). The molecule has 0 bridgehead atoms. The van der Waals surface area contributed by atoms with Crippen molar-refractivity contribution in [3.63, 3.8) is 0 Å². The number of methoxy groups -OCH3 is 1. The van der Waals surface area contributed by atoms with Crippen molar-refractivity contribution in [3.8, 4) is 5.75 Å². The summed E-state index contributed by atoms with van der Waals surface area (Å²) in [4.78, 5) is 19.2. The highest BCUT2D eigenvalue weighted by molar-refractivity contribution is 5.78. The number of rotatable bonds is 8. The fraction of sp³-hybridized carbons (Fsp3) is 0.524. The molecule has 146 valence electrons. The number of hydrogen-bond acceptors (Lipinski definition) is 4. The highest BCUT2D eigenvalue weighted by Gasteiger charge is 2.20. The van der Waals surface area contributed by atoms with Crippen LogP contribution in [-0.4, -0.2) is 53.6 Å². The number of amides is 1. The zero-order valence-corrected chi connectivity index (χ0v) is 16.4. The number of imidazole rings is 1. The average molecular weight is 370 g/mol. The Balaban J connectivity index is 1.40. The van der Waals surface area contributed by atoms with E-state index in [0.717, 1.165) is 49.7 Å². The molecule has 0 aliphatic carbocycles. The molecule has 1 saturated heterocycles. The molecule has 27 heavy (non-hydrogen) atoms. The van der Waals surface area contributed by atoms with Crippen LogP contribution in [0.1, 0.15) is 24.2 Å². The van der Waals surface area contributed by atoms with Crippen LogP contribution >= 0.6 is 0 Å². The molecule has 1 aromatic heterocycles. The van der Waals surface area contributed by atoms with E-state index in [0.29, 0.717) is 12.3 Å². The first-order chi connectivity index (χ1) is 13.1. The number of aryl methyl sites for hydroxylation is 1. The van der Waals surface area contributed by atoms with E-state index in [-0.39, 0.29) is 5.91 Å². The molecule has 1 aromatic carbocycles. The molecular formula is C21H30N4O2. The molecule has 0 saturated carbocycles. The number of carbonyl (C=O) groups is 1. The Labute approximate surface area is 161 Å². The highest BCUT2D eigenvalue weighted by Crippen LogP contribution is 2.17. The Morgan fingerprint density at radius 3 is 3.07 bits per heavy atom. The molecule has 1 unspecified atom stereocenters. The van der Waals surface area contributed by atoms with Gasteiger partial charge in [-0.05, 0) is 43.0 Å². The molecule has 0 radical (unpaired) electrons. The minimum Gasteiger partial charge on any atom is -0.497 e. The van der Waals surface area contributed by atoms with Gasteiger partial charge in [0.1, 0.15) is 11.6 Å². The lowest BCUT2D eigenvalue weighted by Crippen LogP contribution is -2.42. The number of ether oxygens (including phenoxy) is 1. The van der Waals surface area contributed by atoms with E-state index >= 15 is 0 Å². The third-order valence-corrected chi connectivity index (χ3v) is 5.26. The monoisotopic (exact) mass is 370 g/mol. The van der Waals surface area contributed by atoms with Crippen LogP contribution in [0, 0.1) is 5.92 Å². The third kappa shape index (κ3) is 5.82. The number of aromatic nitrogens is 2. The van der Waals surface area contributed by atoms with Crippen LogP contribution < -0.4 is 10.1 Å². The van der Waals surface area contributed by atoms with Crippen LogP contribution in [0.4, 0.5) is 0 Å². The van der Waals surface area contributed by atoms with Crippen LogP contribution in [0.5, 0.6) is 5.75 Å². The van der Waals surface area contributed by atoms with Crippen molar-refractivity contribution in [1.29, 1.82) is 0 Å². The second-order valence-electron chi connectivity index (χ2n) is 7.35. The van der Waals surface area contributed by atoms with Crippen LogP contribution in [0.15, 0.2) is 36.7 Å². The van der Waals surface area contributed by atoms with Gasteiger partial charge in [-0.25, -0.2) is 4.98 Å². The molecule has 2 aromatic rings. The largest absolute Gasteiger partial charge is 0.497 e. The van der Waals surface area contributed by atoms with Crippen LogP contribution in [-0.2, 0) is 24.7 Å². The molecule has 1 atom stereocenters. The Hall–Kier alpha value is -2.34. The molecule has 2 heterocycles. The van der Waals surface area contributed by atoms with Gasteiger partial charge in [0.05, 0.1) is 13.5 Å². The number of likely N-dealkylation sites (tertiary alicyclic amines) is 1.